The maximum absolute atomic E-state index is 13.3. The van der Waals surface area contributed by atoms with E-state index in [0.29, 0.717) is 34.5 Å². The molecule has 0 aliphatic carbocycles. The molecule has 1 unspecified atom stereocenters. The van der Waals surface area contributed by atoms with Gasteiger partial charge in [0.1, 0.15) is 5.75 Å². The maximum atomic E-state index is 13.3. The number of hydrogen-bond acceptors (Lipinski definition) is 6. The first-order valence-electron chi connectivity index (χ1n) is 11.8. The Morgan fingerprint density at radius 1 is 1.12 bits per heavy atom. The highest BCUT2D eigenvalue weighted by Gasteiger charge is 2.45. The molecular formula is C26H30N4O3S. The van der Waals surface area contributed by atoms with Crippen molar-refractivity contribution >= 4 is 23.4 Å². The maximum Gasteiger partial charge on any atom is 0.296 e. The molecule has 2 heterocycles. The van der Waals surface area contributed by atoms with Gasteiger partial charge < -0.3 is 9.84 Å². The number of thioether (sulfide) groups is 1. The molecule has 0 saturated heterocycles. The van der Waals surface area contributed by atoms with E-state index in [1.807, 2.05) is 55.5 Å². The number of carbonyl (C=O) groups excluding carboxylic acids is 1. The van der Waals surface area contributed by atoms with Gasteiger partial charge in [-0.25, -0.2) is 9.88 Å². The van der Waals surface area contributed by atoms with Crippen LogP contribution in [0.2, 0.25) is 0 Å². The van der Waals surface area contributed by atoms with E-state index in [4.69, 9.17) is 9.84 Å². The molecule has 0 radical (unpaired) electrons. The van der Waals surface area contributed by atoms with Crippen LogP contribution in [0.3, 0.4) is 0 Å². The first kappa shape index (κ1) is 24.0. The van der Waals surface area contributed by atoms with E-state index in [2.05, 4.69) is 11.9 Å². The van der Waals surface area contributed by atoms with Crippen molar-refractivity contribution in [3.8, 4) is 22.9 Å². The summed E-state index contributed by atoms with van der Waals surface area (Å²) in [5.41, 5.74) is 2.45. The van der Waals surface area contributed by atoms with Crippen molar-refractivity contribution in [2.45, 2.75) is 57.8 Å². The molecule has 1 aliphatic heterocycles. The van der Waals surface area contributed by atoms with E-state index in [-0.39, 0.29) is 11.8 Å². The molecule has 0 fully saturated rings. The molecule has 3 aromatic rings. The van der Waals surface area contributed by atoms with Gasteiger partial charge in [-0.3, -0.25) is 4.79 Å². The molecule has 34 heavy (non-hydrogen) atoms. The fraction of sp³-hybridized carbons (Fsp3) is 0.385. The Hall–Kier alpha value is -3.13. The second kappa shape index (κ2) is 10.9. The second-order valence-corrected chi connectivity index (χ2v) is 9.28. The van der Waals surface area contributed by atoms with E-state index in [1.165, 1.54) is 18.7 Å². The summed E-state index contributed by atoms with van der Waals surface area (Å²) in [4.78, 5) is 19.0. The number of amides is 1. The molecular weight excluding hydrogens is 448 g/mol. The number of unbranched alkanes of at least 4 members (excludes halogenated alkanes) is 2. The highest BCUT2D eigenvalue weighted by molar-refractivity contribution is 7.99. The lowest BCUT2D eigenvalue weighted by molar-refractivity contribution is -0.764. The van der Waals surface area contributed by atoms with Gasteiger partial charge in [-0.1, -0.05) is 67.4 Å². The van der Waals surface area contributed by atoms with Gasteiger partial charge in [0.2, 0.25) is 5.91 Å². The van der Waals surface area contributed by atoms with Gasteiger partial charge in [0.25, 0.3) is 17.0 Å². The average molecular weight is 479 g/mol. The van der Waals surface area contributed by atoms with Crippen molar-refractivity contribution in [1.29, 1.82) is 0 Å². The molecule has 1 amide bonds. The lowest BCUT2D eigenvalue weighted by Crippen LogP contribution is -2.58. The topological polar surface area (TPSA) is 82.3 Å². The molecule has 1 atom stereocenters. The Kier molecular flexibility index (Phi) is 7.67. The van der Waals surface area contributed by atoms with E-state index in [0.717, 1.165) is 37.0 Å². The monoisotopic (exact) mass is 478 g/mol. The largest absolute Gasteiger partial charge is 0.854 e. The van der Waals surface area contributed by atoms with Crippen molar-refractivity contribution in [1.82, 2.24) is 10.1 Å². The number of fused-ring (bicyclic) bond motifs is 3. The van der Waals surface area contributed by atoms with Gasteiger partial charge in [0.05, 0.1) is 29.3 Å². The average Bonchev–Trinajstić information content (AvgIpc) is 2.84. The van der Waals surface area contributed by atoms with Gasteiger partial charge in [-0.15, -0.1) is 0 Å². The standard InChI is InChI=1S/C26H30N4O3S/c1-4-6-11-17-34-26-27-24(32)23-19-12-7-9-14-21(19)29(18(3)31)25(30(23)28-26)20-13-8-10-15-22(20)33-16-5-2/h7-10,12-15,25H,4-6,11,16-17H2,1-3H3. The number of carbonyl (C=O) groups is 1. The van der Waals surface area contributed by atoms with Crippen molar-refractivity contribution < 1.29 is 19.3 Å². The van der Waals surface area contributed by atoms with Crippen LogP contribution < -0.4 is 19.4 Å². The summed E-state index contributed by atoms with van der Waals surface area (Å²) in [6.45, 7) is 6.28. The normalized spacial score (nSPS) is 14.4. The molecule has 0 bridgehead atoms. The summed E-state index contributed by atoms with van der Waals surface area (Å²) in [7, 11) is 0. The zero-order chi connectivity index (χ0) is 24.1. The summed E-state index contributed by atoms with van der Waals surface area (Å²) < 4.78 is 7.71. The Labute approximate surface area is 204 Å². The molecule has 178 valence electrons. The van der Waals surface area contributed by atoms with E-state index < -0.39 is 6.17 Å². The molecule has 1 aliphatic rings. The van der Waals surface area contributed by atoms with Gasteiger partial charge in [-0.05, 0) is 37.1 Å². The van der Waals surface area contributed by atoms with Gasteiger partial charge in [0.15, 0.2) is 0 Å². The summed E-state index contributed by atoms with van der Waals surface area (Å²) in [6.07, 6.45) is 3.45. The first-order valence-corrected chi connectivity index (χ1v) is 12.8. The summed E-state index contributed by atoms with van der Waals surface area (Å²) >= 11 is 1.48. The zero-order valence-electron chi connectivity index (χ0n) is 19.9. The van der Waals surface area contributed by atoms with Gasteiger partial charge >= 0.3 is 0 Å². The molecule has 0 saturated carbocycles. The van der Waals surface area contributed by atoms with E-state index >= 15 is 0 Å². The van der Waals surface area contributed by atoms with Crippen LogP contribution in [0.1, 0.15) is 58.2 Å². The minimum absolute atomic E-state index is 0.149. The minimum atomic E-state index is -0.666. The van der Waals surface area contributed by atoms with Crippen LogP contribution >= 0.6 is 11.8 Å². The third kappa shape index (κ3) is 4.73. The Morgan fingerprint density at radius 3 is 2.65 bits per heavy atom. The number of nitrogens with zero attached hydrogens (tertiary/aromatic N) is 4. The number of rotatable bonds is 9. The predicted molar refractivity (Wildman–Crippen MR) is 131 cm³/mol. The van der Waals surface area contributed by atoms with Crippen LogP contribution in [0.4, 0.5) is 5.69 Å². The zero-order valence-corrected chi connectivity index (χ0v) is 20.7. The number of benzene rings is 2. The van der Waals surface area contributed by atoms with Gasteiger partial charge in [0, 0.05) is 17.8 Å². The number of hydrogen-bond donors (Lipinski definition) is 0. The third-order valence-corrected chi connectivity index (χ3v) is 6.62. The van der Waals surface area contributed by atoms with Crippen LogP contribution in [0, 0.1) is 0 Å². The number of aromatic nitrogens is 3. The van der Waals surface area contributed by atoms with Gasteiger partial charge in [-0.2, -0.15) is 0 Å². The Balaban J connectivity index is 1.91. The van der Waals surface area contributed by atoms with E-state index in [1.54, 1.807) is 9.58 Å². The fourth-order valence-corrected chi connectivity index (χ4v) is 4.99. The molecule has 8 heteroatoms. The highest BCUT2D eigenvalue weighted by atomic mass is 32.2. The summed E-state index contributed by atoms with van der Waals surface area (Å²) in [5, 5.41) is 18.5. The van der Waals surface area contributed by atoms with Crippen LogP contribution in [0.25, 0.3) is 11.3 Å². The Bertz CT molecular complexity index is 1170. The SMILES string of the molecule is CCCCCSc1nc([O-])c2[n+](n1)C(c1ccccc1OCCC)N(C(C)=O)c1ccccc1-2. The quantitative estimate of drug-likeness (QED) is 0.256. The number of para-hydroxylation sites is 2. The Morgan fingerprint density at radius 2 is 1.88 bits per heavy atom. The molecule has 2 aromatic carbocycles. The van der Waals surface area contributed by atoms with Crippen LogP contribution in [0.5, 0.6) is 11.6 Å². The summed E-state index contributed by atoms with van der Waals surface area (Å²) in [5.74, 6) is 1.01. The van der Waals surface area contributed by atoms with Crippen molar-refractivity contribution in [3.63, 3.8) is 0 Å². The second-order valence-electron chi connectivity index (χ2n) is 8.21. The first-order chi connectivity index (χ1) is 16.6. The van der Waals surface area contributed by atoms with Crippen molar-refractivity contribution in [2.75, 3.05) is 17.3 Å². The number of anilines is 1. The molecule has 0 spiro atoms. The lowest BCUT2D eigenvalue weighted by Gasteiger charge is -2.33. The van der Waals surface area contributed by atoms with Crippen LogP contribution in [0.15, 0.2) is 53.7 Å². The highest BCUT2D eigenvalue weighted by Crippen LogP contribution is 2.42. The van der Waals surface area contributed by atoms with E-state index in [9.17, 15) is 9.90 Å². The molecule has 7 nitrogen and oxygen atoms in total. The minimum Gasteiger partial charge on any atom is -0.854 e. The molecule has 1 aromatic heterocycles. The fourth-order valence-electron chi connectivity index (χ4n) is 4.17. The molecule has 0 N–H and O–H groups in total. The summed E-state index contributed by atoms with van der Waals surface area (Å²) in [6, 6.07) is 15.1. The van der Waals surface area contributed by atoms with Crippen molar-refractivity contribution in [2.24, 2.45) is 0 Å². The smallest absolute Gasteiger partial charge is 0.296 e. The molecule has 4 rings (SSSR count). The van der Waals surface area contributed by atoms with Crippen LogP contribution in [-0.2, 0) is 4.79 Å². The number of ether oxygens (including phenoxy) is 1. The van der Waals surface area contributed by atoms with Crippen LogP contribution in [-0.4, -0.2) is 28.3 Å². The van der Waals surface area contributed by atoms with Crippen molar-refractivity contribution in [3.05, 3.63) is 54.1 Å². The lowest BCUT2D eigenvalue weighted by atomic mass is 10.0. The predicted octanol–water partition coefficient (Wildman–Crippen LogP) is 4.49. The third-order valence-electron chi connectivity index (χ3n) is 5.69.